The molecule has 1 fully saturated rings. The first kappa shape index (κ1) is 41.3. The molecule has 0 radical (unpaired) electrons. The summed E-state index contributed by atoms with van der Waals surface area (Å²) in [5, 5.41) is 29.9. The number of phenolic OH excluding ortho intramolecular Hbond substituents is 1. The third kappa shape index (κ3) is 12.0. The number of likely N-dealkylation sites (tertiary alicyclic amines) is 1. The quantitative estimate of drug-likeness (QED) is 0.0853. The number of rotatable bonds is 18. The Balaban J connectivity index is 1.92. The lowest BCUT2D eigenvalue weighted by Crippen LogP contribution is -2.62. The van der Waals surface area contributed by atoms with Crippen molar-refractivity contribution in [1.82, 2.24) is 26.2 Å². The van der Waals surface area contributed by atoms with Gasteiger partial charge in [-0.15, -0.1) is 0 Å². The van der Waals surface area contributed by atoms with Gasteiger partial charge in [-0.05, 0) is 56.4 Å². The highest BCUT2D eigenvalue weighted by atomic mass is 32.1. The van der Waals surface area contributed by atoms with Crippen molar-refractivity contribution in [3.8, 4) is 5.75 Å². The Morgan fingerprint density at radius 3 is 2.04 bits per heavy atom. The van der Waals surface area contributed by atoms with Gasteiger partial charge in [0, 0.05) is 31.6 Å². The van der Waals surface area contributed by atoms with E-state index in [0.717, 1.165) is 0 Å². The number of nitrogens with one attached hydrogen (secondary N) is 4. The Morgan fingerprint density at radius 1 is 0.865 bits per heavy atom. The Hall–Kier alpha value is -5.16. The molecule has 0 aromatic heterocycles. The number of hydrogen-bond donors (Lipinski definition) is 9. The van der Waals surface area contributed by atoms with Crippen molar-refractivity contribution in [2.45, 2.75) is 88.1 Å². The van der Waals surface area contributed by atoms with E-state index < -0.39 is 77.2 Å². The van der Waals surface area contributed by atoms with Crippen molar-refractivity contribution in [3.05, 3.63) is 65.7 Å². The average Bonchev–Trinajstić information content (AvgIpc) is 3.60. The number of benzene rings is 2. The second kappa shape index (κ2) is 18.9. The van der Waals surface area contributed by atoms with Gasteiger partial charge in [0.1, 0.15) is 35.5 Å². The number of aliphatic carboxylic acids is 1. The highest BCUT2D eigenvalue weighted by Gasteiger charge is 2.39. The molecule has 10 N–H and O–H groups in total. The van der Waals surface area contributed by atoms with E-state index in [4.69, 9.17) is 11.5 Å². The molecule has 5 atom stereocenters. The summed E-state index contributed by atoms with van der Waals surface area (Å²) in [4.78, 5) is 92.4. The lowest BCUT2D eigenvalue weighted by atomic mass is 10.00. The fraction of sp³-hybridized carbons (Fsp3) is 0.457. The fourth-order valence-corrected chi connectivity index (χ4v) is 5.76. The smallest absolute Gasteiger partial charge is 0.326 e. The van der Waals surface area contributed by atoms with E-state index in [1.54, 1.807) is 30.3 Å². The molecule has 0 aliphatic carbocycles. The van der Waals surface area contributed by atoms with Gasteiger partial charge in [0.25, 0.3) is 0 Å². The number of aromatic hydroxyl groups is 1. The molecule has 16 nitrogen and oxygen atoms in total. The molecule has 0 saturated carbocycles. The van der Waals surface area contributed by atoms with Crippen LogP contribution in [0.2, 0.25) is 0 Å². The minimum absolute atomic E-state index is 0.00757. The predicted molar refractivity (Wildman–Crippen MR) is 193 cm³/mol. The van der Waals surface area contributed by atoms with E-state index in [2.05, 4.69) is 33.9 Å². The molecule has 1 saturated heterocycles. The third-order valence-electron chi connectivity index (χ3n) is 8.57. The average molecular weight is 742 g/mol. The Labute approximate surface area is 306 Å². The standard InChI is InChI=1S/C35H47N7O9S/c1-35(2,41-29(45)23(36)19-52)34(51)40-24(14-15-28(37)44)30(46)38-25(17-21-10-12-22(43)13-11-21)31(47)39-26(18-20-7-4-3-5-8-20)32(48)42-16-6-9-27(42)33(49)50/h3-5,7-8,10-13,23-27,43,52H,6,9,14-19,36H2,1-2H3,(H2,37,44)(H,38,46)(H,39,47)(H,40,51)(H,41,45)(H,49,50)/t23-,24-,25-,26-,27-/m0/s1. The van der Waals surface area contributed by atoms with Crippen molar-refractivity contribution >= 4 is 54.0 Å². The molecule has 3 rings (SSSR count). The molecule has 2 aromatic carbocycles. The van der Waals surface area contributed by atoms with E-state index in [-0.39, 0.29) is 50.2 Å². The van der Waals surface area contributed by atoms with Gasteiger partial charge < -0.3 is 47.8 Å². The number of hydrogen-bond acceptors (Lipinski definition) is 10. The second-order valence-electron chi connectivity index (χ2n) is 13.1. The van der Waals surface area contributed by atoms with Gasteiger partial charge in [-0.3, -0.25) is 28.8 Å². The molecule has 1 aliphatic rings. The van der Waals surface area contributed by atoms with Crippen LogP contribution >= 0.6 is 12.6 Å². The van der Waals surface area contributed by atoms with Crippen LogP contribution in [0.5, 0.6) is 5.75 Å². The second-order valence-corrected chi connectivity index (χ2v) is 13.5. The van der Waals surface area contributed by atoms with E-state index in [0.29, 0.717) is 17.5 Å². The number of nitrogens with two attached hydrogens (primary N) is 2. The van der Waals surface area contributed by atoms with Crippen LogP contribution in [-0.4, -0.2) is 105 Å². The van der Waals surface area contributed by atoms with Crippen molar-refractivity contribution in [1.29, 1.82) is 0 Å². The molecule has 1 aliphatic heterocycles. The predicted octanol–water partition coefficient (Wildman–Crippen LogP) is -0.875. The van der Waals surface area contributed by atoms with Gasteiger partial charge in [-0.2, -0.15) is 12.6 Å². The van der Waals surface area contributed by atoms with Gasteiger partial charge >= 0.3 is 5.97 Å². The maximum Gasteiger partial charge on any atom is 0.326 e. The Bertz CT molecular complexity index is 1610. The van der Waals surface area contributed by atoms with Gasteiger partial charge in [-0.25, -0.2) is 4.79 Å². The number of carbonyl (C=O) groups is 7. The number of amides is 6. The number of phenols is 1. The van der Waals surface area contributed by atoms with E-state index >= 15 is 0 Å². The van der Waals surface area contributed by atoms with Crippen LogP contribution in [0.1, 0.15) is 50.7 Å². The molecule has 0 bridgehead atoms. The van der Waals surface area contributed by atoms with Crippen LogP contribution in [0, 0.1) is 0 Å². The maximum absolute atomic E-state index is 14.1. The molecule has 17 heteroatoms. The van der Waals surface area contributed by atoms with Gasteiger partial charge in [0.15, 0.2) is 0 Å². The summed E-state index contributed by atoms with van der Waals surface area (Å²) in [7, 11) is 0. The topological polar surface area (TPSA) is 263 Å². The Kier molecular flexibility index (Phi) is 15.0. The van der Waals surface area contributed by atoms with E-state index in [1.807, 2.05) is 0 Å². The number of carboxylic acid groups (broad SMARTS) is 1. The summed E-state index contributed by atoms with van der Waals surface area (Å²) in [6.07, 6.45) is 0.0248. The molecular formula is C35H47N7O9S. The van der Waals surface area contributed by atoms with Crippen LogP contribution in [0.3, 0.4) is 0 Å². The van der Waals surface area contributed by atoms with Gasteiger partial charge in [-0.1, -0.05) is 42.5 Å². The molecule has 282 valence electrons. The molecule has 0 unspecified atom stereocenters. The Morgan fingerprint density at radius 2 is 1.44 bits per heavy atom. The van der Waals surface area contributed by atoms with Gasteiger partial charge in [0.05, 0.1) is 6.04 Å². The van der Waals surface area contributed by atoms with Crippen LogP contribution in [0.4, 0.5) is 0 Å². The van der Waals surface area contributed by atoms with Crippen molar-refractivity contribution < 1.29 is 43.8 Å². The van der Waals surface area contributed by atoms with E-state index in [1.165, 1.54) is 43.0 Å². The number of thiol groups is 1. The van der Waals surface area contributed by atoms with Crippen molar-refractivity contribution in [3.63, 3.8) is 0 Å². The zero-order valence-electron chi connectivity index (χ0n) is 29.0. The third-order valence-corrected chi connectivity index (χ3v) is 8.96. The summed E-state index contributed by atoms with van der Waals surface area (Å²) in [5.41, 5.74) is 10.7. The van der Waals surface area contributed by atoms with Crippen LogP contribution in [0.25, 0.3) is 0 Å². The lowest BCUT2D eigenvalue weighted by Gasteiger charge is -2.30. The molecule has 1 heterocycles. The monoisotopic (exact) mass is 741 g/mol. The SMILES string of the molecule is CC(C)(NC(=O)[C@@H](N)CS)C(=O)N[C@@H](CCC(N)=O)C(=O)N[C@@H](Cc1ccc(O)cc1)C(=O)N[C@@H](Cc1ccccc1)C(=O)N1CCC[C@H]1C(=O)O. The first-order valence-corrected chi connectivity index (χ1v) is 17.4. The van der Waals surface area contributed by atoms with Crippen LogP contribution in [0.15, 0.2) is 54.6 Å². The number of primary amides is 1. The van der Waals surface area contributed by atoms with Crippen molar-refractivity contribution in [2.75, 3.05) is 12.3 Å². The highest BCUT2D eigenvalue weighted by Crippen LogP contribution is 2.20. The minimum atomic E-state index is -1.57. The molecule has 6 amide bonds. The largest absolute Gasteiger partial charge is 0.508 e. The fourth-order valence-electron chi connectivity index (χ4n) is 5.59. The lowest BCUT2D eigenvalue weighted by molar-refractivity contribution is -0.149. The summed E-state index contributed by atoms with van der Waals surface area (Å²) in [6.45, 7) is 2.95. The van der Waals surface area contributed by atoms with Crippen LogP contribution < -0.4 is 32.7 Å². The normalized spacial score (nSPS) is 16.5. The minimum Gasteiger partial charge on any atom is -0.508 e. The molecule has 52 heavy (non-hydrogen) atoms. The zero-order chi connectivity index (χ0) is 38.6. The number of carboxylic acids is 1. The highest BCUT2D eigenvalue weighted by molar-refractivity contribution is 7.80. The maximum atomic E-state index is 14.1. The van der Waals surface area contributed by atoms with Crippen molar-refractivity contribution in [2.24, 2.45) is 11.5 Å². The first-order chi connectivity index (χ1) is 24.5. The number of nitrogens with zero attached hydrogens (tertiary/aromatic N) is 1. The van der Waals surface area contributed by atoms with Gasteiger partial charge in [0.2, 0.25) is 35.4 Å². The van der Waals surface area contributed by atoms with E-state index in [9.17, 15) is 43.8 Å². The number of carbonyl (C=O) groups excluding carboxylic acids is 6. The summed E-state index contributed by atoms with van der Waals surface area (Å²) in [5.74, 6) is -5.70. The molecule has 2 aromatic rings. The summed E-state index contributed by atoms with van der Waals surface area (Å²) in [6, 6.07) is 8.56. The summed E-state index contributed by atoms with van der Waals surface area (Å²) >= 11 is 3.99. The molecular weight excluding hydrogens is 694 g/mol. The molecule has 0 spiro atoms. The van der Waals surface area contributed by atoms with Crippen LogP contribution in [-0.2, 0) is 46.4 Å². The summed E-state index contributed by atoms with van der Waals surface area (Å²) < 4.78 is 0. The zero-order valence-corrected chi connectivity index (χ0v) is 29.9. The first-order valence-electron chi connectivity index (χ1n) is 16.8.